The van der Waals surface area contributed by atoms with Crippen LogP contribution in [0.15, 0.2) is 16.6 Å². The second-order valence-corrected chi connectivity index (χ2v) is 6.94. The maximum atomic E-state index is 10.3. The summed E-state index contributed by atoms with van der Waals surface area (Å²) < 4.78 is 0.803. The fourth-order valence-electron chi connectivity index (χ4n) is 2.70. The first-order valence-corrected chi connectivity index (χ1v) is 6.57. The standard InChI is InChI=1S/C14H19BrO/c1-13(2)7-8-14(3,4)11-9(13)5-6-10(15)12(11)16/h5-6,16H,7-8H2,1-4H3. The van der Waals surface area contributed by atoms with Gasteiger partial charge in [-0.3, -0.25) is 0 Å². The molecule has 1 nitrogen and oxygen atoms in total. The average Bonchev–Trinajstić information content (AvgIpc) is 2.17. The molecular weight excluding hydrogens is 264 g/mol. The monoisotopic (exact) mass is 282 g/mol. The Morgan fingerprint density at radius 2 is 1.62 bits per heavy atom. The molecule has 0 aliphatic heterocycles. The molecule has 16 heavy (non-hydrogen) atoms. The Labute approximate surface area is 106 Å². The highest BCUT2D eigenvalue weighted by Gasteiger charge is 2.39. The number of rotatable bonds is 0. The Hall–Kier alpha value is -0.500. The van der Waals surface area contributed by atoms with E-state index in [0.717, 1.165) is 16.5 Å². The summed E-state index contributed by atoms with van der Waals surface area (Å²) in [5, 5.41) is 10.3. The van der Waals surface area contributed by atoms with Crippen molar-refractivity contribution >= 4 is 15.9 Å². The lowest BCUT2D eigenvalue weighted by atomic mass is 9.63. The second-order valence-electron chi connectivity index (χ2n) is 6.09. The molecule has 0 spiro atoms. The summed E-state index contributed by atoms with van der Waals surface area (Å²) in [6.07, 6.45) is 2.30. The van der Waals surface area contributed by atoms with Crippen LogP contribution in [0.25, 0.3) is 0 Å². The predicted molar refractivity (Wildman–Crippen MR) is 71.1 cm³/mol. The van der Waals surface area contributed by atoms with Gasteiger partial charge in [0.1, 0.15) is 5.75 Å². The van der Waals surface area contributed by atoms with E-state index in [1.54, 1.807) is 0 Å². The van der Waals surface area contributed by atoms with Crippen molar-refractivity contribution in [3.8, 4) is 5.75 Å². The number of aromatic hydroxyl groups is 1. The molecule has 0 aromatic heterocycles. The summed E-state index contributed by atoms with van der Waals surface area (Å²) in [5.74, 6) is 0.426. The fraction of sp³-hybridized carbons (Fsp3) is 0.571. The van der Waals surface area contributed by atoms with Gasteiger partial charge in [-0.05, 0) is 51.2 Å². The first-order chi connectivity index (χ1) is 7.26. The van der Waals surface area contributed by atoms with Crippen molar-refractivity contribution in [2.24, 2.45) is 0 Å². The number of benzene rings is 1. The normalized spacial score (nSPS) is 21.6. The second kappa shape index (κ2) is 3.49. The van der Waals surface area contributed by atoms with E-state index >= 15 is 0 Å². The number of phenolic OH excluding ortho intramolecular Hbond substituents is 1. The third-order valence-electron chi connectivity index (χ3n) is 3.91. The first-order valence-electron chi connectivity index (χ1n) is 5.78. The maximum Gasteiger partial charge on any atom is 0.133 e. The number of hydrogen-bond donors (Lipinski definition) is 1. The molecule has 0 atom stereocenters. The summed E-state index contributed by atoms with van der Waals surface area (Å²) in [7, 11) is 0. The van der Waals surface area contributed by atoms with Crippen molar-refractivity contribution in [2.75, 3.05) is 0 Å². The molecule has 1 aliphatic carbocycles. The molecule has 0 unspecified atom stereocenters. The van der Waals surface area contributed by atoms with Crippen LogP contribution in [0.3, 0.4) is 0 Å². The fourth-order valence-corrected chi connectivity index (χ4v) is 3.03. The van der Waals surface area contributed by atoms with Gasteiger partial charge in [-0.2, -0.15) is 0 Å². The Morgan fingerprint density at radius 1 is 1.06 bits per heavy atom. The number of hydrogen-bond acceptors (Lipinski definition) is 1. The summed E-state index contributed by atoms with van der Waals surface area (Å²) in [4.78, 5) is 0. The van der Waals surface area contributed by atoms with Crippen LogP contribution in [-0.4, -0.2) is 5.11 Å². The van der Waals surface area contributed by atoms with Crippen LogP contribution in [-0.2, 0) is 10.8 Å². The Balaban J connectivity index is 2.75. The summed E-state index contributed by atoms with van der Waals surface area (Å²) in [5.41, 5.74) is 2.66. The minimum absolute atomic E-state index is 0.0682. The molecule has 1 aromatic rings. The van der Waals surface area contributed by atoms with Crippen molar-refractivity contribution in [2.45, 2.75) is 51.4 Å². The molecular formula is C14H19BrO. The highest BCUT2D eigenvalue weighted by atomic mass is 79.9. The smallest absolute Gasteiger partial charge is 0.133 e. The van der Waals surface area contributed by atoms with Gasteiger partial charge in [0.05, 0.1) is 4.47 Å². The van der Waals surface area contributed by atoms with Crippen molar-refractivity contribution in [3.05, 3.63) is 27.7 Å². The maximum absolute atomic E-state index is 10.3. The van der Waals surface area contributed by atoms with Crippen LogP contribution in [0.4, 0.5) is 0 Å². The molecule has 2 heteroatoms. The minimum Gasteiger partial charge on any atom is -0.506 e. The highest BCUT2D eigenvalue weighted by molar-refractivity contribution is 9.10. The topological polar surface area (TPSA) is 20.2 Å². The lowest BCUT2D eigenvalue weighted by molar-refractivity contribution is 0.317. The third kappa shape index (κ3) is 1.67. The molecule has 0 heterocycles. The quantitative estimate of drug-likeness (QED) is 0.743. The van der Waals surface area contributed by atoms with E-state index in [9.17, 15) is 5.11 Å². The third-order valence-corrected chi connectivity index (χ3v) is 4.55. The van der Waals surface area contributed by atoms with E-state index in [4.69, 9.17) is 0 Å². The lowest BCUT2D eigenvalue weighted by Gasteiger charge is -2.42. The highest BCUT2D eigenvalue weighted by Crippen LogP contribution is 2.50. The van der Waals surface area contributed by atoms with E-state index in [1.807, 2.05) is 6.07 Å². The molecule has 1 aromatic carbocycles. The molecule has 0 bridgehead atoms. The zero-order chi connectivity index (χ0) is 12.1. The zero-order valence-electron chi connectivity index (χ0n) is 10.4. The van der Waals surface area contributed by atoms with E-state index in [0.29, 0.717) is 5.75 Å². The molecule has 0 radical (unpaired) electrons. The molecule has 1 N–H and O–H groups in total. The Morgan fingerprint density at radius 3 is 2.25 bits per heavy atom. The average molecular weight is 283 g/mol. The Bertz CT molecular complexity index is 433. The van der Waals surface area contributed by atoms with Crippen LogP contribution in [0, 0.1) is 0 Å². The van der Waals surface area contributed by atoms with Gasteiger partial charge >= 0.3 is 0 Å². The zero-order valence-corrected chi connectivity index (χ0v) is 12.0. The largest absolute Gasteiger partial charge is 0.506 e. The Kier molecular flexibility index (Phi) is 2.61. The van der Waals surface area contributed by atoms with Crippen LogP contribution < -0.4 is 0 Å². The summed E-state index contributed by atoms with van der Waals surface area (Å²) in [6.45, 7) is 8.95. The SMILES string of the molecule is CC1(C)CCC(C)(C)c2c1ccc(Br)c2O. The predicted octanol–water partition coefficient (Wildman–Crippen LogP) is 4.50. The van der Waals surface area contributed by atoms with Crippen molar-refractivity contribution in [3.63, 3.8) is 0 Å². The molecule has 0 fully saturated rings. The molecule has 1 aliphatic rings. The number of fused-ring (bicyclic) bond motifs is 1. The van der Waals surface area contributed by atoms with Gasteiger partial charge < -0.3 is 5.11 Å². The van der Waals surface area contributed by atoms with Crippen LogP contribution in [0.5, 0.6) is 5.75 Å². The van der Waals surface area contributed by atoms with Gasteiger partial charge in [0.25, 0.3) is 0 Å². The van der Waals surface area contributed by atoms with Crippen LogP contribution >= 0.6 is 15.9 Å². The molecule has 88 valence electrons. The summed E-state index contributed by atoms with van der Waals surface area (Å²) in [6, 6.07) is 4.11. The van der Waals surface area contributed by atoms with Crippen LogP contribution in [0.1, 0.15) is 51.7 Å². The van der Waals surface area contributed by atoms with Gasteiger partial charge in [-0.1, -0.05) is 33.8 Å². The summed E-state index contributed by atoms with van der Waals surface area (Å²) >= 11 is 3.41. The van der Waals surface area contributed by atoms with E-state index < -0.39 is 0 Å². The first kappa shape index (κ1) is 12.0. The number of phenols is 1. The lowest BCUT2D eigenvalue weighted by Crippen LogP contribution is -2.33. The van der Waals surface area contributed by atoms with E-state index in [2.05, 4.69) is 49.7 Å². The molecule has 0 saturated heterocycles. The van der Waals surface area contributed by atoms with E-state index in [-0.39, 0.29) is 10.8 Å². The minimum atomic E-state index is 0.0682. The molecule has 0 amide bonds. The van der Waals surface area contributed by atoms with Crippen molar-refractivity contribution < 1.29 is 5.11 Å². The molecule has 2 rings (SSSR count). The molecule has 0 saturated carbocycles. The number of halogens is 1. The van der Waals surface area contributed by atoms with E-state index in [1.165, 1.54) is 12.0 Å². The van der Waals surface area contributed by atoms with Crippen molar-refractivity contribution in [1.29, 1.82) is 0 Å². The van der Waals surface area contributed by atoms with Gasteiger partial charge in [-0.25, -0.2) is 0 Å². The van der Waals surface area contributed by atoms with Gasteiger partial charge in [0.15, 0.2) is 0 Å². The van der Waals surface area contributed by atoms with Gasteiger partial charge in [-0.15, -0.1) is 0 Å². The van der Waals surface area contributed by atoms with Gasteiger partial charge in [0, 0.05) is 5.56 Å². The van der Waals surface area contributed by atoms with Crippen LogP contribution in [0.2, 0.25) is 0 Å². The van der Waals surface area contributed by atoms with Gasteiger partial charge in [0.2, 0.25) is 0 Å². The van der Waals surface area contributed by atoms with Crippen molar-refractivity contribution in [1.82, 2.24) is 0 Å².